The third kappa shape index (κ3) is 6.44. The summed E-state index contributed by atoms with van der Waals surface area (Å²) >= 11 is 12.1. The van der Waals surface area contributed by atoms with Gasteiger partial charge < -0.3 is 14.8 Å². The van der Waals surface area contributed by atoms with Crippen LogP contribution < -0.4 is 5.32 Å². The zero-order chi connectivity index (χ0) is 21.5. The van der Waals surface area contributed by atoms with Gasteiger partial charge in [0.15, 0.2) is 0 Å². The van der Waals surface area contributed by atoms with Crippen molar-refractivity contribution >= 4 is 35.1 Å². The standard InChI is InChI=1S/C22H24Cl2N2O4/c1-29-22(28)17-5-2-15(3-6-17)11-21(27)25-12-18-14-26(8-9-30-18)13-16-4-7-19(23)20(24)10-16/h2-7,10,18H,8-9,11-14H2,1H3,(H,25,27). The number of nitrogens with one attached hydrogen (secondary N) is 1. The summed E-state index contributed by atoms with van der Waals surface area (Å²) in [4.78, 5) is 26.0. The zero-order valence-corrected chi connectivity index (χ0v) is 18.2. The molecule has 1 heterocycles. The van der Waals surface area contributed by atoms with Crippen LogP contribution in [0.5, 0.6) is 0 Å². The van der Waals surface area contributed by atoms with Crippen molar-refractivity contribution < 1.29 is 19.1 Å². The number of amides is 1. The number of ether oxygens (including phenoxy) is 2. The second kappa shape index (κ2) is 10.8. The van der Waals surface area contributed by atoms with E-state index >= 15 is 0 Å². The lowest BCUT2D eigenvalue weighted by Gasteiger charge is -2.33. The number of benzene rings is 2. The van der Waals surface area contributed by atoms with Crippen molar-refractivity contribution in [1.82, 2.24) is 10.2 Å². The fourth-order valence-electron chi connectivity index (χ4n) is 3.30. The smallest absolute Gasteiger partial charge is 0.337 e. The van der Waals surface area contributed by atoms with Crippen LogP contribution in [0.25, 0.3) is 0 Å². The van der Waals surface area contributed by atoms with Crippen LogP contribution in [0.3, 0.4) is 0 Å². The Hall–Kier alpha value is -2.12. The Labute approximate surface area is 186 Å². The monoisotopic (exact) mass is 450 g/mol. The Balaban J connectivity index is 1.45. The minimum absolute atomic E-state index is 0.0767. The first-order valence-electron chi connectivity index (χ1n) is 9.66. The van der Waals surface area contributed by atoms with Gasteiger partial charge in [-0.15, -0.1) is 0 Å². The number of carbonyl (C=O) groups is 2. The predicted octanol–water partition coefficient (Wildman–Crippen LogP) is 3.34. The Kier molecular flexibility index (Phi) is 8.10. The highest BCUT2D eigenvalue weighted by Gasteiger charge is 2.21. The topological polar surface area (TPSA) is 67.9 Å². The van der Waals surface area contributed by atoms with Crippen LogP contribution in [0.15, 0.2) is 42.5 Å². The van der Waals surface area contributed by atoms with Crippen molar-refractivity contribution in [3.63, 3.8) is 0 Å². The molecule has 2 aromatic rings. The number of halogens is 2. The molecule has 1 atom stereocenters. The molecular weight excluding hydrogens is 427 g/mol. The van der Waals surface area contributed by atoms with E-state index in [9.17, 15) is 9.59 Å². The number of nitrogens with zero attached hydrogens (tertiary/aromatic N) is 1. The maximum atomic E-state index is 12.3. The summed E-state index contributed by atoms with van der Waals surface area (Å²) in [7, 11) is 1.34. The molecule has 0 bridgehead atoms. The summed E-state index contributed by atoms with van der Waals surface area (Å²) in [5.41, 5.74) is 2.37. The van der Waals surface area contributed by atoms with E-state index in [4.69, 9.17) is 27.9 Å². The molecule has 6 nitrogen and oxygen atoms in total. The van der Waals surface area contributed by atoms with Gasteiger partial charge in [0.25, 0.3) is 0 Å². The summed E-state index contributed by atoms with van der Waals surface area (Å²) in [6.45, 7) is 3.33. The van der Waals surface area contributed by atoms with E-state index in [1.54, 1.807) is 30.3 Å². The first-order valence-corrected chi connectivity index (χ1v) is 10.4. The molecule has 1 saturated heterocycles. The fourth-order valence-corrected chi connectivity index (χ4v) is 3.62. The van der Waals surface area contributed by atoms with Gasteiger partial charge >= 0.3 is 5.97 Å². The number of carbonyl (C=O) groups excluding carboxylic acids is 2. The van der Waals surface area contributed by atoms with Crippen molar-refractivity contribution in [2.45, 2.75) is 19.1 Å². The highest BCUT2D eigenvalue weighted by atomic mass is 35.5. The van der Waals surface area contributed by atoms with Gasteiger partial charge in [0.2, 0.25) is 5.91 Å². The number of morpholine rings is 1. The van der Waals surface area contributed by atoms with E-state index in [0.717, 1.165) is 24.2 Å². The minimum atomic E-state index is -0.397. The average molecular weight is 451 g/mol. The molecule has 1 unspecified atom stereocenters. The van der Waals surface area contributed by atoms with Gasteiger partial charge in [0.05, 0.1) is 41.9 Å². The van der Waals surface area contributed by atoms with Crippen LogP contribution in [0.2, 0.25) is 10.0 Å². The van der Waals surface area contributed by atoms with Crippen molar-refractivity contribution in [1.29, 1.82) is 0 Å². The molecule has 0 aliphatic carbocycles. The Morgan fingerprint density at radius 3 is 2.57 bits per heavy atom. The van der Waals surface area contributed by atoms with Crippen LogP contribution in [0.4, 0.5) is 0 Å². The molecule has 0 radical (unpaired) electrons. The molecule has 1 aliphatic rings. The second-order valence-corrected chi connectivity index (χ2v) is 7.96. The molecular formula is C22H24Cl2N2O4. The number of hydrogen-bond acceptors (Lipinski definition) is 5. The Morgan fingerprint density at radius 2 is 1.87 bits per heavy atom. The van der Waals surface area contributed by atoms with E-state index in [1.807, 2.05) is 12.1 Å². The minimum Gasteiger partial charge on any atom is -0.465 e. The van der Waals surface area contributed by atoms with Gasteiger partial charge in [-0.3, -0.25) is 9.69 Å². The lowest BCUT2D eigenvalue weighted by Crippen LogP contribution is -2.47. The summed E-state index contributed by atoms with van der Waals surface area (Å²) in [6, 6.07) is 12.5. The van der Waals surface area contributed by atoms with E-state index in [-0.39, 0.29) is 18.4 Å². The van der Waals surface area contributed by atoms with Gasteiger partial charge in [-0.25, -0.2) is 4.79 Å². The molecule has 0 spiro atoms. The van der Waals surface area contributed by atoms with Crippen molar-refractivity contribution in [3.05, 3.63) is 69.2 Å². The van der Waals surface area contributed by atoms with Gasteiger partial charge in [0, 0.05) is 26.2 Å². The maximum Gasteiger partial charge on any atom is 0.337 e. The Morgan fingerprint density at radius 1 is 1.13 bits per heavy atom. The first-order chi connectivity index (χ1) is 14.4. The lowest BCUT2D eigenvalue weighted by molar-refractivity contribution is -0.121. The maximum absolute atomic E-state index is 12.3. The summed E-state index contributed by atoms with van der Waals surface area (Å²) in [5, 5.41) is 4.02. The first kappa shape index (κ1) is 22.6. The van der Waals surface area contributed by atoms with Crippen LogP contribution >= 0.6 is 23.2 Å². The second-order valence-electron chi connectivity index (χ2n) is 7.15. The van der Waals surface area contributed by atoms with Crippen molar-refractivity contribution in [3.8, 4) is 0 Å². The van der Waals surface area contributed by atoms with Crippen molar-refractivity contribution in [2.24, 2.45) is 0 Å². The molecule has 1 N–H and O–H groups in total. The van der Waals surface area contributed by atoms with Gasteiger partial charge in [-0.2, -0.15) is 0 Å². The molecule has 8 heteroatoms. The van der Waals surface area contributed by atoms with Gasteiger partial charge in [0.1, 0.15) is 0 Å². The molecule has 0 aromatic heterocycles. The third-order valence-corrected chi connectivity index (χ3v) is 5.62. The molecule has 160 valence electrons. The molecule has 1 amide bonds. The third-order valence-electron chi connectivity index (χ3n) is 4.88. The van der Waals surface area contributed by atoms with Crippen LogP contribution in [-0.2, 0) is 27.2 Å². The summed E-state index contributed by atoms with van der Waals surface area (Å²) in [5.74, 6) is -0.489. The normalized spacial score (nSPS) is 16.8. The number of rotatable bonds is 7. The average Bonchev–Trinajstić information content (AvgIpc) is 2.75. The van der Waals surface area contributed by atoms with Crippen LogP contribution in [0, 0.1) is 0 Å². The Bertz CT molecular complexity index is 889. The molecule has 0 saturated carbocycles. The quantitative estimate of drug-likeness (QED) is 0.655. The molecule has 3 rings (SSSR count). The number of hydrogen-bond donors (Lipinski definition) is 1. The summed E-state index contributed by atoms with van der Waals surface area (Å²) in [6.07, 6.45) is 0.161. The van der Waals surface area contributed by atoms with E-state index in [0.29, 0.717) is 35.3 Å². The van der Waals surface area contributed by atoms with Gasteiger partial charge in [-0.05, 0) is 35.4 Å². The fraction of sp³-hybridized carbons (Fsp3) is 0.364. The van der Waals surface area contributed by atoms with Crippen LogP contribution in [-0.4, -0.2) is 56.2 Å². The lowest BCUT2D eigenvalue weighted by atomic mass is 10.1. The molecule has 1 fully saturated rings. The predicted molar refractivity (Wildman–Crippen MR) is 116 cm³/mol. The number of methoxy groups -OCH3 is 1. The van der Waals surface area contributed by atoms with Gasteiger partial charge in [-0.1, -0.05) is 41.4 Å². The molecule has 2 aromatic carbocycles. The van der Waals surface area contributed by atoms with Crippen LogP contribution in [0.1, 0.15) is 21.5 Å². The summed E-state index contributed by atoms with van der Waals surface area (Å²) < 4.78 is 10.5. The SMILES string of the molecule is COC(=O)c1ccc(CC(=O)NCC2CN(Cc3ccc(Cl)c(Cl)c3)CCO2)cc1. The number of esters is 1. The highest BCUT2D eigenvalue weighted by molar-refractivity contribution is 6.42. The van der Waals surface area contributed by atoms with E-state index in [2.05, 4.69) is 15.0 Å². The molecule has 1 aliphatic heterocycles. The molecule has 30 heavy (non-hydrogen) atoms. The van der Waals surface area contributed by atoms with Crippen molar-refractivity contribution in [2.75, 3.05) is 33.4 Å². The largest absolute Gasteiger partial charge is 0.465 e. The zero-order valence-electron chi connectivity index (χ0n) is 16.7. The van der Waals surface area contributed by atoms with E-state index in [1.165, 1.54) is 7.11 Å². The highest BCUT2D eigenvalue weighted by Crippen LogP contribution is 2.23. The van der Waals surface area contributed by atoms with E-state index < -0.39 is 5.97 Å².